The molecule has 0 aromatic carbocycles. The van der Waals surface area contributed by atoms with Crippen LogP contribution in [0.15, 0.2) is 0 Å². The molecule has 0 saturated carbocycles. The Bertz CT molecular complexity index is 521. The monoisotopic (exact) mass is 361 g/mol. The Kier molecular flexibility index (Phi) is 7.78. The Labute approximate surface area is 145 Å². The topological polar surface area (TPSA) is 126 Å². The number of amides is 1. The first-order chi connectivity index (χ1) is 11.6. The van der Waals surface area contributed by atoms with Gasteiger partial charge in [-0.15, -0.1) is 0 Å². The van der Waals surface area contributed by atoms with Crippen LogP contribution >= 0.6 is 0 Å². The van der Waals surface area contributed by atoms with Crippen molar-refractivity contribution in [2.75, 3.05) is 13.7 Å². The van der Waals surface area contributed by atoms with Gasteiger partial charge in [0.1, 0.15) is 18.8 Å². The lowest BCUT2D eigenvalue weighted by Crippen LogP contribution is -2.66. The smallest absolute Gasteiger partial charge is 0.303 e. The van der Waals surface area contributed by atoms with E-state index in [-0.39, 0.29) is 6.61 Å². The minimum Gasteiger partial charge on any atom is -0.463 e. The van der Waals surface area contributed by atoms with Crippen LogP contribution in [0.2, 0.25) is 0 Å². The Balaban J connectivity index is 3.18. The van der Waals surface area contributed by atoms with Gasteiger partial charge in [0.2, 0.25) is 5.91 Å². The van der Waals surface area contributed by atoms with Crippen molar-refractivity contribution in [2.45, 2.75) is 58.3 Å². The zero-order valence-corrected chi connectivity index (χ0v) is 14.8. The molecule has 1 amide bonds. The second kappa shape index (κ2) is 9.33. The number of hydrogen-bond donors (Lipinski definition) is 1. The third-order valence-corrected chi connectivity index (χ3v) is 3.30. The van der Waals surface area contributed by atoms with Crippen molar-refractivity contribution < 1.29 is 42.9 Å². The summed E-state index contributed by atoms with van der Waals surface area (Å²) in [7, 11) is 1.33. The number of methoxy groups -OCH3 is 1. The molecule has 25 heavy (non-hydrogen) atoms. The van der Waals surface area contributed by atoms with Crippen LogP contribution in [-0.2, 0) is 42.9 Å². The van der Waals surface area contributed by atoms with E-state index >= 15 is 0 Å². The summed E-state index contributed by atoms with van der Waals surface area (Å²) in [6, 6.07) is -0.927. The number of carbonyl (C=O) groups is 4. The molecule has 0 bridgehead atoms. The summed E-state index contributed by atoms with van der Waals surface area (Å²) >= 11 is 0. The normalized spacial score (nSPS) is 28.6. The molecule has 0 aliphatic carbocycles. The van der Waals surface area contributed by atoms with E-state index in [9.17, 15) is 19.2 Å². The predicted molar refractivity (Wildman–Crippen MR) is 81.0 cm³/mol. The first-order valence-corrected chi connectivity index (χ1v) is 7.58. The molecule has 0 aromatic rings. The summed E-state index contributed by atoms with van der Waals surface area (Å²) in [6.45, 7) is 4.57. The predicted octanol–water partition coefficient (Wildman–Crippen LogP) is -0.711. The van der Waals surface area contributed by atoms with E-state index in [1.165, 1.54) is 34.8 Å². The first kappa shape index (κ1) is 20.8. The third kappa shape index (κ3) is 6.31. The van der Waals surface area contributed by atoms with Crippen LogP contribution < -0.4 is 5.32 Å². The fraction of sp³-hybridized carbons (Fsp3) is 0.733. The van der Waals surface area contributed by atoms with E-state index in [1.807, 2.05) is 0 Å². The molecule has 2 unspecified atom stereocenters. The zero-order valence-electron chi connectivity index (χ0n) is 14.8. The van der Waals surface area contributed by atoms with Gasteiger partial charge in [-0.05, 0) is 0 Å². The molecule has 0 radical (unpaired) electrons. The van der Waals surface area contributed by atoms with Crippen LogP contribution in [0.5, 0.6) is 0 Å². The van der Waals surface area contributed by atoms with Crippen LogP contribution in [0.3, 0.4) is 0 Å². The lowest BCUT2D eigenvalue weighted by molar-refractivity contribution is -0.271. The van der Waals surface area contributed by atoms with Crippen LogP contribution in [0.4, 0.5) is 0 Å². The van der Waals surface area contributed by atoms with Gasteiger partial charge >= 0.3 is 17.9 Å². The lowest BCUT2D eigenvalue weighted by atomic mass is 9.96. The molecule has 10 heteroatoms. The fourth-order valence-corrected chi connectivity index (χ4v) is 2.49. The summed E-state index contributed by atoms with van der Waals surface area (Å²) in [4.78, 5) is 45.5. The largest absolute Gasteiger partial charge is 0.463 e. The molecule has 1 aliphatic heterocycles. The van der Waals surface area contributed by atoms with Crippen molar-refractivity contribution in [2.24, 2.45) is 0 Å². The Morgan fingerprint density at radius 1 is 0.920 bits per heavy atom. The molecular weight excluding hydrogens is 338 g/mol. The quantitative estimate of drug-likeness (QED) is 0.482. The second-order valence-electron chi connectivity index (χ2n) is 5.46. The maximum absolute atomic E-state index is 11.5. The standard InChI is InChI=1S/C15H23NO9/c1-7(17)16-12-14(24-10(4)20)13(23-9(3)19)11(6-22-8(2)18)25-15(12)21-5/h11-15H,6H2,1-5H3,(H,16,17)/t11?,12-,13-,14?,15+/m0/s1. The fourth-order valence-electron chi connectivity index (χ4n) is 2.49. The SMILES string of the molecule is CO[C@@H]1OC(COC(C)=O)[C@H](OC(C)=O)C(OC(C)=O)[C@@H]1NC(C)=O. The number of nitrogens with one attached hydrogen (secondary N) is 1. The Morgan fingerprint density at radius 2 is 1.48 bits per heavy atom. The van der Waals surface area contributed by atoms with Crippen molar-refractivity contribution in [3.63, 3.8) is 0 Å². The number of esters is 3. The van der Waals surface area contributed by atoms with Crippen LogP contribution in [-0.4, -0.2) is 68.2 Å². The van der Waals surface area contributed by atoms with Gasteiger partial charge in [0.05, 0.1) is 0 Å². The minimum absolute atomic E-state index is 0.252. The molecule has 1 aliphatic rings. The third-order valence-electron chi connectivity index (χ3n) is 3.30. The van der Waals surface area contributed by atoms with Gasteiger partial charge < -0.3 is 29.0 Å². The summed E-state index contributed by atoms with van der Waals surface area (Å²) in [5.41, 5.74) is 0. The van der Waals surface area contributed by atoms with Crippen molar-refractivity contribution in [3.8, 4) is 0 Å². The van der Waals surface area contributed by atoms with E-state index in [0.29, 0.717) is 0 Å². The zero-order chi connectivity index (χ0) is 19.1. The molecule has 1 rings (SSSR count). The summed E-state index contributed by atoms with van der Waals surface area (Å²) in [6.07, 6.45) is -4.17. The molecule has 142 valence electrons. The molecule has 0 aromatic heterocycles. The first-order valence-electron chi connectivity index (χ1n) is 7.58. The second-order valence-corrected chi connectivity index (χ2v) is 5.46. The van der Waals surface area contributed by atoms with Crippen LogP contribution in [0.25, 0.3) is 0 Å². The number of hydrogen-bond acceptors (Lipinski definition) is 9. The molecular formula is C15H23NO9. The van der Waals surface area contributed by atoms with E-state index < -0.39 is 54.5 Å². The van der Waals surface area contributed by atoms with Gasteiger partial charge in [-0.3, -0.25) is 19.2 Å². The number of ether oxygens (including phenoxy) is 5. The van der Waals surface area contributed by atoms with Gasteiger partial charge in [-0.2, -0.15) is 0 Å². The van der Waals surface area contributed by atoms with E-state index in [1.54, 1.807) is 0 Å². The molecule has 10 nitrogen and oxygen atoms in total. The van der Waals surface area contributed by atoms with Gasteiger partial charge in [-0.25, -0.2) is 0 Å². The molecule has 5 atom stereocenters. The molecule has 1 heterocycles. The van der Waals surface area contributed by atoms with Crippen LogP contribution in [0.1, 0.15) is 27.7 Å². The molecule has 0 spiro atoms. The van der Waals surface area contributed by atoms with Crippen molar-refractivity contribution in [1.29, 1.82) is 0 Å². The summed E-state index contributed by atoms with van der Waals surface area (Å²) < 4.78 is 26.2. The Hall–Kier alpha value is -2.20. The van der Waals surface area contributed by atoms with Gasteiger partial charge in [-0.1, -0.05) is 0 Å². The highest BCUT2D eigenvalue weighted by Gasteiger charge is 2.50. The average molecular weight is 361 g/mol. The maximum Gasteiger partial charge on any atom is 0.303 e. The van der Waals surface area contributed by atoms with E-state index in [0.717, 1.165) is 0 Å². The Morgan fingerprint density at radius 3 is 1.92 bits per heavy atom. The van der Waals surface area contributed by atoms with Crippen molar-refractivity contribution in [1.82, 2.24) is 5.32 Å². The highest BCUT2D eigenvalue weighted by atomic mass is 16.7. The molecule has 1 saturated heterocycles. The highest BCUT2D eigenvalue weighted by molar-refractivity contribution is 5.73. The molecule has 1 N–H and O–H groups in total. The number of rotatable bonds is 6. The van der Waals surface area contributed by atoms with Crippen molar-refractivity contribution in [3.05, 3.63) is 0 Å². The van der Waals surface area contributed by atoms with Gasteiger partial charge in [0.15, 0.2) is 18.5 Å². The lowest BCUT2D eigenvalue weighted by Gasteiger charge is -2.44. The maximum atomic E-state index is 11.5. The van der Waals surface area contributed by atoms with Gasteiger partial charge in [0.25, 0.3) is 0 Å². The number of carbonyl (C=O) groups excluding carboxylic acids is 4. The van der Waals surface area contributed by atoms with Gasteiger partial charge in [0, 0.05) is 34.8 Å². The van der Waals surface area contributed by atoms with E-state index in [4.69, 9.17) is 23.7 Å². The highest BCUT2D eigenvalue weighted by Crippen LogP contribution is 2.27. The summed E-state index contributed by atoms with van der Waals surface area (Å²) in [5.74, 6) is -2.29. The van der Waals surface area contributed by atoms with E-state index in [2.05, 4.69) is 5.32 Å². The summed E-state index contributed by atoms with van der Waals surface area (Å²) in [5, 5.41) is 2.56. The average Bonchev–Trinajstić information content (AvgIpc) is 2.48. The van der Waals surface area contributed by atoms with Crippen molar-refractivity contribution >= 4 is 23.8 Å². The molecule has 1 fully saturated rings. The minimum atomic E-state index is -1.11. The van der Waals surface area contributed by atoms with Crippen LogP contribution in [0, 0.1) is 0 Å².